The average molecular weight is 485 g/mol. The maximum absolute atomic E-state index is 13.2. The summed E-state index contributed by atoms with van der Waals surface area (Å²) >= 11 is 0. The van der Waals surface area contributed by atoms with Crippen molar-refractivity contribution in [1.82, 2.24) is 9.78 Å². The van der Waals surface area contributed by atoms with Crippen LogP contribution < -0.4 is 5.01 Å². The zero-order valence-electron chi connectivity index (χ0n) is 19.4. The second-order valence-electron chi connectivity index (χ2n) is 8.56. The first kappa shape index (κ1) is 22.7. The molecule has 1 atom stereocenters. The molecule has 2 heterocycles. The summed E-state index contributed by atoms with van der Waals surface area (Å²) in [6, 6.07) is 25.5. The van der Waals surface area contributed by atoms with E-state index < -0.39 is 15.9 Å². The van der Waals surface area contributed by atoms with E-state index in [-0.39, 0.29) is 17.4 Å². The van der Waals surface area contributed by atoms with Crippen LogP contribution in [0.1, 0.15) is 27.5 Å². The number of Topliss-reactive ketones (excluding diaryl/α,β-unsaturated/α-hetero) is 1. The molecule has 8 heteroatoms. The van der Waals surface area contributed by atoms with E-state index in [0.29, 0.717) is 11.4 Å². The van der Waals surface area contributed by atoms with Gasteiger partial charge in [0.1, 0.15) is 12.6 Å². The standard InChI is InChI=1S/C27H24N4O3S/c1-19-13-15-21(16-14-19)24(32)18-30-27-23(20-9-5-3-6-10-20)17-28-31(27)25(22-11-7-4-8-12-22)26(29-30)35(2,33)34/h3-17,25H,18H2,1-2H3. The minimum atomic E-state index is -3.72. The monoisotopic (exact) mass is 484 g/mol. The lowest BCUT2D eigenvalue weighted by atomic mass is 10.1. The van der Waals surface area contributed by atoms with Gasteiger partial charge in [-0.05, 0) is 18.1 Å². The molecule has 0 saturated heterocycles. The molecule has 1 aliphatic heterocycles. The van der Waals surface area contributed by atoms with E-state index in [2.05, 4.69) is 10.2 Å². The molecule has 7 nitrogen and oxygen atoms in total. The lowest BCUT2D eigenvalue weighted by Crippen LogP contribution is -2.40. The van der Waals surface area contributed by atoms with Crippen LogP contribution in [0, 0.1) is 6.92 Å². The Morgan fingerprint density at radius 1 is 0.914 bits per heavy atom. The van der Waals surface area contributed by atoms with Crippen molar-refractivity contribution in [3.8, 4) is 11.1 Å². The highest BCUT2D eigenvalue weighted by molar-refractivity contribution is 8.05. The van der Waals surface area contributed by atoms with Gasteiger partial charge in [-0.2, -0.15) is 10.2 Å². The van der Waals surface area contributed by atoms with Gasteiger partial charge in [-0.1, -0.05) is 90.5 Å². The Balaban J connectivity index is 1.68. The van der Waals surface area contributed by atoms with Gasteiger partial charge in [0.05, 0.1) is 6.20 Å². The number of anilines is 1. The van der Waals surface area contributed by atoms with Gasteiger partial charge in [-0.15, -0.1) is 0 Å². The highest BCUT2D eigenvalue weighted by atomic mass is 32.2. The highest BCUT2D eigenvalue weighted by Crippen LogP contribution is 2.39. The summed E-state index contributed by atoms with van der Waals surface area (Å²) in [6.07, 6.45) is 2.83. The third-order valence-electron chi connectivity index (χ3n) is 5.96. The Hall–Kier alpha value is -4.04. The van der Waals surface area contributed by atoms with Gasteiger partial charge in [-0.25, -0.2) is 18.1 Å². The Morgan fingerprint density at radius 2 is 1.54 bits per heavy atom. The third-order valence-corrected chi connectivity index (χ3v) is 7.02. The molecule has 4 aromatic rings. The minimum Gasteiger partial charge on any atom is -0.292 e. The number of aromatic nitrogens is 2. The van der Waals surface area contributed by atoms with Crippen LogP contribution in [-0.4, -0.2) is 41.8 Å². The summed E-state index contributed by atoms with van der Waals surface area (Å²) in [5, 5.41) is 10.6. The van der Waals surface area contributed by atoms with Crippen LogP contribution in [0.15, 0.2) is 96.2 Å². The maximum Gasteiger partial charge on any atom is 0.193 e. The smallest absolute Gasteiger partial charge is 0.193 e. The normalized spacial score (nSPS) is 15.4. The summed E-state index contributed by atoms with van der Waals surface area (Å²) in [7, 11) is -3.72. The van der Waals surface area contributed by atoms with Gasteiger partial charge in [0, 0.05) is 17.4 Å². The number of fused-ring (bicyclic) bond motifs is 1. The van der Waals surface area contributed by atoms with Crippen molar-refractivity contribution in [2.45, 2.75) is 13.0 Å². The van der Waals surface area contributed by atoms with Gasteiger partial charge in [0.2, 0.25) is 0 Å². The van der Waals surface area contributed by atoms with Crippen LogP contribution in [-0.2, 0) is 9.84 Å². The highest BCUT2D eigenvalue weighted by Gasteiger charge is 2.38. The van der Waals surface area contributed by atoms with Crippen molar-refractivity contribution in [3.05, 3.63) is 108 Å². The molecule has 3 aromatic carbocycles. The number of carbonyl (C=O) groups is 1. The van der Waals surface area contributed by atoms with Gasteiger partial charge in [0.15, 0.2) is 26.5 Å². The van der Waals surface area contributed by atoms with Crippen LogP contribution in [0.5, 0.6) is 0 Å². The number of rotatable bonds is 5. The fraction of sp³-hybridized carbons (Fsp3) is 0.148. The molecule has 0 radical (unpaired) electrons. The molecule has 0 N–H and O–H groups in total. The second kappa shape index (κ2) is 8.96. The van der Waals surface area contributed by atoms with Crippen LogP contribution >= 0.6 is 0 Å². The predicted octanol–water partition coefficient (Wildman–Crippen LogP) is 4.51. The van der Waals surface area contributed by atoms with Crippen LogP contribution in [0.25, 0.3) is 11.1 Å². The van der Waals surface area contributed by atoms with E-state index in [1.807, 2.05) is 79.7 Å². The fourth-order valence-electron chi connectivity index (χ4n) is 4.22. The van der Waals surface area contributed by atoms with E-state index in [1.54, 1.807) is 23.0 Å². The molecule has 5 rings (SSSR count). The van der Waals surface area contributed by atoms with Gasteiger partial charge >= 0.3 is 0 Å². The summed E-state index contributed by atoms with van der Waals surface area (Å²) in [5.74, 6) is 0.393. The first-order chi connectivity index (χ1) is 16.8. The molecule has 0 spiro atoms. The lowest BCUT2D eigenvalue weighted by molar-refractivity contribution is 0.0998. The third kappa shape index (κ3) is 4.40. The topological polar surface area (TPSA) is 84.6 Å². The molecule has 0 fully saturated rings. The fourth-order valence-corrected chi connectivity index (χ4v) is 5.11. The number of hydrazone groups is 1. The van der Waals surface area contributed by atoms with Crippen molar-refractivity contribution < 1.29 is 13.2 Å². The number of carbonyl (C=O) groups excluding carboxylic acids is 1. The van der Waals surface area contributed by atoms with Crippen LogP contribution in [0.2, 0.25) is 0 Å². The summed E-state index contributed by atoms with van der Waals surface area (Å²) < 4.78 is 27.5. The zero-order valence-corrected chi connectivity index (χ0v) is 20.2. The molecule has 1 unspecified atom stereocenters. The molecule has 176 valence electrons. The van der Waals surface area contributed by atoms with Gasteiger partial charge < -0.3 is 0 Å². The van der Waals surface area contributed by atoms with Gasteiger partial charge in [0.25, 0.3) is 0 Å². The van der Waals surface area contributed by atoms with E-state index in [0.717, 1.165) is 28.5 Å². The molecule has 1 aromatic heterocycles. The first-order valence-electron chi connectivity index (χ1n) is 11.2. The van der Waals surface area contributed by atoms with Gasteiger partial charge in [-0.3, -0.25) is 4.79 Å². The molecular weight excluding hydrogens is 460 g/mol. The molecule has 0 aliphatic carbocycles. The van der Waals surface area contributed by atoms with E-state index in [9.17, 15) is 13.2 Å². The molecular formula is C27H24N4O3S. The Kier molecular flexibility index (Phi) is 5.82. The second-order valence-corrected chi connectivity index (χ2v) is 10.5. The lowest BCUT2D eigenvalue weighted by Gasteiger charge is -2.32. The SMILES string of the molecule is Cc1ccc(C(=O)CN2N=C(S(C)(=O)=O)C(c3ccccc3)n3ncc(-c4ccccc4)c32)cc1. The number of sulfone groups is 1. The van der Waals surface area contributed by atoms with Crippen molar-refractivity contribution in [3.63, 3.8) is 0 Å². The molecule has 0 amide bonds. The quantitative estimate of drug-likeness (QED) is 0.389. The number of benzene rings is 3. The van der Waals surface area contributed by atoms with E-state index in [1.165, 1.54) is 5.01 Å². The molecule has 35 heavy (non-hydrogen) atoms. The maximum atomic E-state index is 13.2. The summed E-state index contributed by atoms with van der Waals surface area (Å²) in [6.45, 7) is 1.82. The average Bonchev–Trinajstić information content (AvgIpc) is 3.30. The van der Waals surface area contributed by atoms with E-state index in [4.69, 9.17) is 0 Å². The number of nitrogens with zero attached hydrogens (tertiary/aromatic N) is 4. The van der Waals surface area contributed by atoms with Crippen molar-refractivity contribution >= 4 is 26.5 Å². The Morgan fingerprint density at radius 3 is 2.17 bits per heavy atom. The number of hydrogen-bond donors (Lipinski definition) is 0. The molecule has 1 aliphatic rings. The van der Waals surface area contributed by atoms with Crippen LogP contribution in [0.3, 0.4) is 0 Å². The van der Waals surface area contributed by atoms with Crippen LogP contribution in [0.4, 0.5) is 5.82 Å². The van der Waals surface area contributed by atoms with E-state index >= 15 is 0 Å². The number of aryl methyl sites for hydroxylation is 1. The van der Waals surface area contributed by atoms with Crippen molar-refractivity contribution in [2.75, 3.05) is 17.8 Å². The summed E-state index contributed by atoms with van der Waals surface area (Å²) in [5.41, 5.74) is 3.98. The van der Waals surface area contributed by atoms with Crippen molar-refractivity contribution in [2.24, 2.45) is 5.10 Å². The summed E-state index contributed by atoms with van der Waals surface area (Å²) in [4.78, 5) is 13.2. The predicted molar refractivity (Wildman–Crippen MR) is 137 cm³/mol. The zero-order chi connectivity index (χ0) is 24.6. The largest absolute Gasteiger partial charge is 0.292 e. The minimum absolute atomic E-state index is 0.0596. The first-order valence-corrected chi connectivity index (χ1v) is 13.1. The number of ketones is 1. The Labute approximate surface area is 204 Å². The molecule has 0 bridgehead atoms. The Bertz CT molecular complexity index is 1510. The van der Waals surface area contributed by atoms with Crippen molar-refractivity contribution in [1.29, 1.82) is 0 Å². The molecule has 0 saturated carbocycles. The number of hydrogen-bond acceptors (Lipinski definition) is 6.